The van der Waals surface area contributed by atoms with E-state index in [-0.39, 0.29) is 16.8 Å². The first-order valence-corrected chi connectivity index (χ1v) is 8.29. The fourth-order valence-electron chi connectivity index (χ4n) is 2.12. The molecule has 0 aliphatic rings. The Morgan fingerprint density at radius 3 is 2.21 bits per heavy atom. The molecule has 2 rings (SSSR count). The number of anilines is 1. The van der Waals surface area contributed by atoms with Gasteiger partial charge in [0.15, 0.2) is 0 Å². The Morgan fingerprint density at radius 2 is 1.62 bits per heavy atom. The van der Waals surface area contributed by atoms with E-state index < -0.39 is 0 Å². The monoisotopic (exact) mass is 384 g/mol. The van der Waals surface area contributed by atoms with Crippen LogP contribution >= 0.6 is 34.8 Å². The molecule has 0 saturated heterocycles. The summed E-state index contributed by atoms with van der Waals surface area (Å²) in [6.45, 7) is 2.03. The van der Waals surface area contributed by atoms with Crippen LogP contribution in [0.15, 0.2) is 42.5 Å². The summed E-state index contributed by atoms with van der Waals surface area (Å²) in [6.07, 6.45) is 0. The summed E-state index contributed by atoms with van der Waals surface area (Å²) < 4.78 is 0. The molecule has 0 aliphatic heterocycles. The highest BCUT2D eigenvalue weighted by Crippen LogP contribution is 2.25. The van der Waals surface area contributed by atoms with Crippen LogP contribution in [-0.4, -0.2) is 24.9 Å². The maximum Gasteiger partial charge on any atom is 0.259 e. The number of nitrogens with zero attached hydrogens (tertiary/aromatic N) is 1. The summed E-state index contributed by atoms with van der Waals surface area (Å²) in [5, 5.41) is 3.96. The molecule has 0 atom stereocenters. The highest BCUT2D eigenvalue weighted by atomic mass is 35.5. The van der Waals surface area contributed by atoms with Gasteiger partial charge >= 0.3 is 0 Å². The molecule has 0 aromatic heterocycles. The zero-order valence-corrected chi connectivity index (χ0v) is 15.1. The van der Waals surface area contributed by atoms with Crippen LogP contribution in [-0.2, 0) is 4.79 Å². The van der Waals surface area contributed by atoms with Gasteiger partial charge in [0.1, 0.15) is 0 Å². The standard InChI is InChI=1S/C17H15Cl3N2O2/c1-11(23)21-8-9-22(14-5-2-12(18)3-6-14)17(24)15-7-4-13(19)10-16(15)20/h2-7,10H,8-9H2,1H3,(H,21,23). The molecule has 0 aliphatic carbocycles. The number of rotatable bonds is 5. The summed E-state index contributed by atoms with van der Waals surface area (Å²) in [7, 11) is 0. The van der Waals surface area contributed by atoms with Gasteiger partial charge in [-0.15, -0.1) is 0 Å². The Labute approximate surface area is 155 Å². The summed E-state index contributed by atoms with van der Waals surface area (Å²) in [5.74, 6) is -0.452. The van der Waals surface area contributed by atoms with Crippen LogP contribution in [0.4, 0.5) is 5.69 Å². The predicted molar refractivity (Wildman–Crippen MR) is 98.3 cm³/mol. The van der Waals surface area contributed by atoms with Gasteiger partial charge in [-0.3, -0.25) is 9.59 Å². The Hall–Kier alpha value is -1.75. The van der Waals surface area contributed by atoms with E-state index in [0.717, 1.165) is 0 Å². The second kappa shape index (κ2) is 8.38. The van der Waals surface area contributed by atoms with Crippen molar-refractivity contribution in [1.82, 2.24) is 5.32 Å². The lowest BCUT2D eigenvalue weighted by Gasteiger charge is -2.23. The fraction of sp³-hybridized carbons (Fsp3) is 0.176. The molecule has 7 heteroatoms. The molecule has 2 aromatic rings. The first-order chi connectivity index (χ1) is 11.4. The number of nitrogens with one attached hydrogen (secondary N) is 1. The van der Waals surface area contributed by atoms with Crippen molar-refractivity contribution in [2.24, 2.45) is 0 Å². The normalized spacial score (nSPS) is 10.3. The van der Waals surface area contributed by atoms with Gasteiger partial charge in [-0.2, -0.15) is 0 Å². The molecular weight excluding hydrogens is 371 g/mol. The second-order valence-corrected chi connectivity index (χ2v) is 6.32. The van der Waals surface area contributed by atoms with Crippen molar-refractivity contribution in [3.8, 4) is 0 Å². The van der Waals surface area contributed by atoms with Crippen LogP contribution in [0.3, 0.4) is 0 Å². The van der Waals surface area contributed by atoms with E-state index in [1.54, 1.807) is 36.4 Å². The van der Waals surface area contributed by atoms with Gasteiger partial charge in [-0.1, -0.05) is 34.8 Å². The summed E-state index contributed by atoms with van der Waals surface area (Å²) in [5.41, 5.74) is 0.986. The molecule has 2 aromatic carbocycles. The van der Waals surface area contributed by atoms with Crippen molar-refractivity contribution >= 4 is 52.3 Å². The van der Waals surface area contributed by atoms with E-state index in [1.165, 1.54) is 17.9 Å². The van der Waals surface area contributed by atoms with Gasteiger partial charge in [0.25, 0.3) is 5.91 Å². The smallest absolute Gasteiger partial charge is 0.259 e. The molecule has 1 N–H and O–H groups in total. The average Bonchev–Trinajstić information content (AvgIpc) is 2.52. The maximum absolute atomic E-state index is 12.9. The molecular formula is C17H15Cl3N2O2. The van der Waals surface area contributed by atoms with Gasteiger partial charge in [0.05, 0.1) is 10.6 Å². The Bertz CT molecular complexity index is 748. The van der Waals surface area contributed by atoms with Gasteiger partial charge < -0.3 is 10.2 Å². The average molecular weight is 386 g/mol. The Morgan fingerprint density at radius 1 is 1.00 bits per heavy atom. The molecule has 2 amide bonds. The SMILES string of the molecule is CC(=O)NCCN(C(=O)c1ccc(Cl)cc1Cl)c1ccc(Cl)cc1. The van der Waals surface area contributed by atoms with E-state index in [1.807, 2.05) is 0 Å². The van der Waals surface area contributed by atoms with E-state index in [0.29, 0.717) is 34.4 Å². The van der Waals surface area contributed by atoms with Crippen LogP contribution < -0.4 is 10.2 Å². The van der Waals surface area contributed by atoms with Crippen LogP contribution in [0.1, 0.15) is 17.3 Å². The van der Waals surface area contributed by atoms with E-state index in [9.17, 15) is 9.59 Å². The second-order valence-electron chi connectivity index (χ2n) is 5.04. The number of carbonyl (C=O) groups excluding carboxylic acids is 2. The van der Waals surface area contributed by atoms with Gasteiger partial charge in [0.2, 0.25) is 5.91 Å². The number of benzene rings is 2. The first kappa shape index (κ1) is 18.6. The van der Waals surface area contributed by atoms with Gasteiger partial charge in [-0.25, -0.2) is 0 Å². The van der Waals surface area contributed by atoms with E-state index >= 15 is 0 Å². The Balaban J connectivity index is 2.31. The van der Waals surface area contributed by atoms with Crippen LogP contribution in [0, 0.1) is 0 Å². The molecule has 0 saturated carbocycles. The van der Waals surface area contributed by atoms with Crippen molar-refractivity contribution in [2.75, 3.05) is 18.0 Å². The summed E-state index contributed by atoms with van der Waals surface area (Å²) in [6, 6.07) is 11.6. The lowest BCUT2D eigenvalue weighted by atomic mass is 10.1. The lowest BCUT2D eigenvalue weighted by molar-refractivity contribution is -0.118. The summed E-state index contributed by atoms with van der Waals surface area (Å²) >= 11 is 17.9. The van der Waals surface area contributed by atoms with Gasteiger partial charge in [-0.05, 0) is 42.5 Å². The molecule has 126 valence electrons. The highest BCUT2D eigenvalue weighted by Gasteiger charge is 2.20. The number of hydrogen-bond donors (Lipinski definition) is 1. The number of hydrogen-bond acceptors (Lipinski definition) is 2. The largest absolute Gasteiger partial charge is 0.355 e. The van der Waals surface area contributed by atoms with E-state index in [2.05, 4.69) is 5.32 Å². The maximum atomic E-state index is 12.9. The van der Waals surface area contributed by atoms with E-state index in [4.69, 9.17) is 34.8 Å². The molecule has 0 fully saturated rings. The minimum Gasteiger partial charge on any atom is -0.355 e. The molecule has 0 bridgehead atoms. The fourth-order valence-corrected chi connectivity index (χ4v) is 2.74. The number of amides is 2. The molecule has 0 unspecified atom stereocenters. The highest BCUT2D eigenvalue weighted by molar-refractivity contribution is 6.37. The zero-order chi connectivity index (χ0) is 17.7. The molecule has 24 heavy (non-hydrogen) atoms. The number of halogens is 3. The third kappa shape index (κ3) is 4.87. The third-order valence-electron chi connectivity index (χ3n) is 3.25. The van der Waals surface area contributed by atoms with Crippen LogP contribution in [0.2, 0.25) is 15.1 Å². The molecule has 0 radical (unpaired) electrons. The molecule has 0 heterocycles. The predicted octanol–water partition coefficient (Wildman–Crippen LogP) is 4.43. The Kier molecular flexibility index (Phi) is 6.49. The van der Waals surface area contributed by atoms with Crippen LogP contribution in [0.5, 0.6) is 0 Å². The third-order valence-corrected chi connectivity index (χ3v) is 4.05. The minimum atomic E-state index is -0.288. The quantitative estimate of drug-likeness (QED) is 0.827. The molecule has 4 nitrogen and oxygen atoms in total. The van der Waals surface area contributed by atoms with Gasteiger partial charge in [0, 0.05) is 35.7 Å². The number of carbonyl (C=O) groups is 2. The first-order valence-electron chi connectivity index (χ1n) is 7.15. The van der Waals surface area contributed by atoms with Crippen molar-refractivity contribution in [1.29, 1.82) is 0 Å². The minimum absolute atomic E-state index is 0.164. The molecule has 0 spiro atoms. The summed E-state index contributed by atoms with van der Waals surface area (Å²) in [4.78, 5) is 25.5. The lowest BCUT2D eigenvalue weighted by Crippen LogP contribution is -2.38. The van der Waals surface area contributed by atoms with Crippen LogP contribution in [0.25, 0.3) is 0 Å². The van der Waals surface area contributed by atoms with Crippen molar-refractivity contribution in [2.45, 2.75) is 6.92 Å². The van der Waals surface area contributed by atoms with Crippen molar-refractivity contribution in [3.63, 3.8) is 0 Å². The topological polar surface area (TPSA) is 49.4 Å². The zero-order valence-electron chi connectivity index (χ0n) is 12.9. The van der Waals surface area contributed by atoms with Crippen molar-refractivity contribution < 1.29 is 9.59 Å². The van der Waals surface area contributed by atoms with Crippen molar-refractivity contribution in [3.05, 3.63) is 63.1 Å².